The molecule has 2 nitrogen and oxygen atoms in total. The van der Waals surface area contributed by atoms with Crippen molar-refractivity contribution in [3.63, 3.8) is 0 Å². The number of nitrogens with two attached hydrogens (primary N) is 1. The Labute approximate surface area is 95.6 Å². The summed E-state index contributed by atoms with van der Waals surface area (Å²) in [6.45, 7) is 1.52. The van der Waals surface area contributed by atoms with Crippen LogP contribution in [0.3, 0.4) is 0 Å². The van der Waals surface area contributed by atoms with Gasteiger partial charge in [0.2, 0.25) is 0 Å². The minimum Gasteiger partial charge on any atom is -0.496 e. The number of ether oxygens (including phenoxy) is 1. The molecule has 0 aliphatic heterocycles. The van der Waals surface area contributed by atoms with Crippen LogP contribution < -0.4 is 10.5 Å². The lowest BCUT2D eigenvalue weighted by molar-refractivity contribution is 0.343. The van der Waals surface area contributed by atoms with E-state index in [2.05, 4.69) is 0 Å². The second-order valence-electron chi connectivity index (χ2n) is 4.69. The van der Waals surface area contributed by atoms with Crippen molar-refractivity contribution in [1.82, 2.24) is 0 Å². The lowest BCUT2D eigenvalue weighted by Gasteiger charge is -2.16. The number of alkyl halides is 1. The van der Waals surface area contributed by atoms with Gasteiger partial charge in [-0.15, -0.1) is 0 Å². The van der Waals surface area contributed by atoms with Gasteiger partial charge in [-0.25, -0.2) is 4.39 Å². The summed E-state index contributed by atoms with van der Waals surface area (Å²) in [5.74, 6) is 0.661. The van der Waals surface area contributed by atoms with Gasteiger partial charge >= 0.3 is 0 Å². The topological polar surface area (TPSA) is 35.2 Å². The monoisotopic (exact) mass is 223 g/mol. The average Bonchev–Trinajstić information content (AvgIpc) is 2.95. The molecule has 0 spiro atoms. The Morgan fingerprint density at radius 1 is 1.50 bits per heavy atom. The van der Waals surface area contributed by atoms with Gasteiger partial charge in [-0.2, -0.15) is 0 Å². The fourth-order valence-corrected chi connectivity index (χ4v) is 2.02. The first-order valence-corrected chi connectivity index (χ1v) is 5.64. The van der Waals surface area contributed by atoms with E-state index in [1.54, 1.807) is 13.2 Å². The standard InChI is InChI=1S/C13H18FNO/c1-9(14)11-5-3-4-10(12(11)16-2)8-13(15)6-7-13/h3-5,9H,6-8,15H2,1-2H3. The molecule has 88 valence electrons. The third kappa shape index (κ3) is 2.19. The number of para-hydroxylation sites is 1. The number of benzene rings is 1. The summed E-state index contributed by atoms with van der Waals surface area (Å²) >= 11 is 0. The normalized spacial score (nSPS) is 19.2. The van der Waals surface area contributed by atoms with Gasteiger partial charge in [0.1, 0.15) is 11.9 Å². The van der Waals surface area contributed by atoms with Crippen LogP contribution >= 0.6 is 0 Å². The third-order valence-corrected chi connectivity index (χ3v) is 3.19. The van der Waals surface area contributed by atoms with Gasteiger partial charge in [0, 0.05) is 11.1 Å². The summed E-state index contributed by atoms with van der Waals surface area (Å²) in [5, 5.41) is 0. The van der Waals surface area contributed by atoms with E-state index >= 15 is 0 Å². The van der Waals surface area contributed by atoms with E-state index in [1.165, 1.54) is 6.92 Å². The number of hydrogen-bond donors (Lipinski definition) is 1. The largest absolute Gasteiger partial charge is 0.496 e. The third-order valence-electron chi connectivity index (χ3n) is 3.19. The van der Waals surface area contributed by atoms with E-state index < -0.39 is 6.17 Å². The molecule has 1 aromatic rings. The van der Waals surface area contributed by atoms with E-state index in [0.717, 1.165) is 24.8 Å². The van der Waals surface area contributed by atoms with E-state index in [9.17, 15) is 4.39 Å². The highest BCUT2D eigenvalue weighted by atomic mass is 19.1. The maximum Gasteiger partial charge on any atom is 0.128 e. The van der Waals surface area contributed by atoms with Crippen molar-refractivity contribution < 1.29 is 9.13 Å². The highest BCUT2D eigenvalue weighted by Crippen LogP contribution is 2.39. The first kappa shape index (κ1) is 11.4. The fraction of sp³-hybridized carbons (Fsp3) is 0.538. The van der Waals surface area contributed by atoms with Gasteiger partial charge in [0.15, 0.2) is 0 Å². The summed E-state index contributed by atoms with van der Waals surface area (Å²) in [5.41, 5.74) is 7.63. The molecule has 2 N–H and O–H groups in total. The molecule has 3 heteroatoms. The summed E-state index contributed by atoms with van der Waals surface area (Å²) in [7, 11) is 1.58. The number of rotatable bonds is 4. The molecule has 1 aromatic carbocycles. The van der Waals surface area contributed by atoms with Crippen LogP contribution in [-0.2, 0) is 6.42 Å². The van der Waals surface area contributed by atoms with E-state index in [-0.39, 0.29) is 5.54 Å². The highest BCUT2D eigenvalue weighted by molar-refractivity contribution is 5.44. The maximum absolute atomic E-state index is 13.4. The van der Waals surface area contributed by atoms with Crippen LogP contribution in [0.5, 0.6) is 5.75 Å². The lowest BCUT2D eigenvalue weighted by Crippen LogP contribution is -2.24. The van der Waals surface area contributed by atoms with E-state index in [0.29, 0.717) is 11.3 Å². The summed E-state index contributed by atoms with van der Waals surface area (Å²) < 4.78 is 18.7. The molecule has 16 heavy (non-hydrogen) atoms. The number of halogens is 1. The molecule has 1 aliphatic carbocycles. The predicted octanol–water partition coefficient (Wildman–Crippen LogP) is 2.76. The maximum atomic E-state index is 13.4. The molecule has 1 fully saturated rings. The zero-order valence-electron chi connectivity index (χ0n) is 9.79. The minimum absolute atomic E-state index is 0.0779. The number of methoxy groups -OCH3 is 1. The first-order valence-electron chi connectivity index (χ1n) is 5.64. The second kappa shape index (κ2) is 4.06. The van der Waals surface area contributed by atoms with Gasteiger partial charge in [-0.1, -0.05) is 18.2 Å². The number of hydrogen-bond acceptors (Lipinski definition) is 2. The Morgan fingerprint density at radius 2 is 2.19 bits per heavy atom. The molecule has 1 aliphatic rings. The summed E-state index contributed by atoms with van der Waals surface area (Å²) in [6.07, 6.45) is 1.86. The van der Waals surface area contributed by atoms with Crippen LogP contribution in [0.2, 0.25) is 0 Å². The SMILES string of the molecule is COc1c(CC2(N)CC2)cccc1C(C)F. The summed E-state index contributed by atoms with van der Waals surface area (Å²) in [4.78, 5) is 0. The van der Waals surface area contributed by atoms with Crippen molar-refractivity contribution in [2.75, 3.05) is 7.11 Å². The van der Waals surface area contributed by atoms with Gasteiger partial charge < -0.3 is 10.5 Å². The van der Waals surface area contributed by atoms with Crippen LogP contribution in [0, 0.1) is 0 Å². The first-order chi connectivity index (χ1) is 7.56. The molecule has 1 saturated carbocycles. The van der Waals surface area contributed by atoms with Crippen molar-refractivity contribution in [2.24, 2.45) is 5.73 Å². The van der Waals surface area contributed by atoms with Crippen LogP contribution in [0.15, 0.2) is 18.2 Å². The Kier molecular flexibility index (Phi) is 2.89. The second-order valence-corrected chi connectivity index (χ2v) is 4.69. The van der Waals surface area contributed by atoms with Crippen molar-refractivity contribution in [3.8, 4) is 5.75 Å². The molecule has 0 saturated heterocycles. The Hall–Kier alpha value is -1.09. The molecule has 0 bridgehead atoms. The molecule has 1 unspecified atom stereocenters. The quantitative estimate of drug-likeness (QED) is 0.851. The van der Waals surface area contributed by atoms with Gasteiger partial charge in [-0.05, 0) is 31.7 Å². The van der Waals surface area contributed by atoms with Crippen molar-refractivity contribution in [3.05, 3.63) is 29.3 Å². The van der Waals surface area contributed by atoms with Crippen molar-refractivity contribution in [1.29, 1.82) is 0 Å². The van der Waals surface area contributed by atoms with Gasteiger partial charge in [0.05, 0.1) is 7.11 Å². The summed E-state index contributed by atoms with van der Waals surface area (Å²) in [6, 6.07) is 5.61. The van der Waals surface area contributed by atoms with Gasteiger partial charge in [-0.3, -0.25) is 0 Å². The van der Waals surface area contributed by atoms with Crippen LogP contribution in [0.1, 0.15) is 37.1 Å². The Morgan fingerprint density at radius 3 is 2.69 bits per heavy atom. The molecule has 1 atom stereocenters. The zero-order valence-corrected chi connectivity index (χ0v) is 9.79. The molecular formula is C13H18FNO. The fourth-order valence-electron chi connectivity index (χ4n) is 2.02. The average molecular weight is 223 g/mol. The van der Waals surface area contributed by atoms with Crippen LogP contribution in [0.25, 0.3) is 0 Å². The predicted molar refractivity (Wildman–Crippen MR) is 62.4 cm³/mol. The Balaban J connectivity index is 2.32. The molecular weight excluding hydrogens is 205 g/mol. The smallest absolute Gasteiger partial charge is 0.128 e. The minimum atomic E-state index is -1.01. The van der Waals surface area contributed by atoms with E-state index in [4.69, 9.17) is 10.5 Å². The molecule has 0 amide bonds. The Bertz CT molecular complexity index is 386. The van der Waals surface area contributed by atoms with Crippen molar-refractivity contribution in [2.45, 2.75) is 37.9 Å². The molecule has 2 rings (SSSR count). The molecule has 0 heterocycles. The van der Waals surface area contributed by atoms with Crippen molar-refractivity contribution >= 4 is 0 Å². The highest BCUT2D eigenvalue weighted by Gasteiger charge is 2.38. The van der Waals surface area contributed by atoms with Gasteiger partial charge in [0.25, 0.3) is 0 Å². The molecule has 0 aromatic heterocycles. The zero-order chi connectivity index (χ0) is 11.8. The van der Waals surface area contributed by atoms with E-state index in [1.807, 2.05) is 12.1 Å². The van der Waals surface area contributed by atoms with Crippen LogP contribution in [-0.4, -0.2) is 12.6 Å². The molecule has 0 radical (unpaired) electrons. The lowest BCUT2D eigenvalue weighted by atomic mass is 9.99. The van der Waals surface area contributed by atoms with Crippen LogP contribution in [0.4, 0.5) is 4.39 Å².